The maximum Gasteiger partial charge on any atom is 0.141 e. The van der Waals surface area contributed by atoms with Crippen molar-refractivity contribution in [1.29, 1.82) is 0 Å². The SMILES string of the molecule is CCC(C)N(CCOC)C(CC(N)=NO)c1ccccc1. The second-order valence-corrected chi connectivity index (χ2v) is 5.21. The molecule has 0 heterocycles. The maximum atomic E-state index is 8.90. The van der Waals surface area contributed by atoms with Crippen LogP contribution in [-0.2, 0) is 4.74 Å². The molecule has 0 radical (unpaired) electrons. The zero-order valence-electron chi connectivity index (χ0n) is 13.2. The van der Waals surface area contributed by atoms with Gasteiger partial charge in [-0.15, -0.1) is 0 Å². The first-order valence-electron chi connectivity index (χ1n) is 7.40. The minimum absolute atomic E-state index is 0.0761. The molecule has 5 nitrogen and oxygen atoms in total. The summed E-state index contributed by atoms with van der Waals surface area (Å²) in [4.78, 5) is 2.36. The van der Waals surface area contributed by atoms with Gasteiger partial charge < -0.3 is 15.7 Å². The summed E-state index contributed by atoms with van der Waals surface area (Å²) in [7, 11) is 1.70. The summed E-state index contributed by atoms with van der Waals surface area (Å²) >= 11 is 0. The van der Waals surface area contributed by atoms with E-state index in [1.54, 1.807) is 7.11 Å². The number of oxime groups is 1. The maximum absolute atomic E-state index is 8.90. The predicted octanol–water partition coefficient (Wildman–Crippen LogP) is 2.61. The number of ether oxygens (including phenoxy) is 1. The van der Waals surface area contributed by atoms with E-state index < -0.39 is 0 Å². The third-order valence-electron chi connectivity index (χ3n) is 3.83. The highest BCUT2D eigenvalue weighted by molar-refractivity contribution is 5.80. The van der Waals surface area contributed by atoms with Crippen LogP contribution < -0.4 is 5.73 Å². The van der Waals surface area contributed by atoms with Crippen LogP contribution in [0.2, 0.25) is 0 Å². The van der Waals surface area contributed by atoms with Crippen molar-refractivity contribution in [3.8, 4) is 0 Å². The lowest BCUT2D eigenvalue weighted by molar-refractivity contribution is 0.0893. The fourth-order valence-electron chi connectivity index (χ4n) is 2.46. The molecule has 5 heteroatoms. The molecule has 1 aromatic rings. The number of hydrogen-bond acceptors (Lipinski definition) is 4. The highest BCUT2D eigenvalue weighted by Crippen LogP contribution is 2.27. The second kappa shape index (κ2) is 9.37. The van der Waals surface area contributed by atoms with E-state index in [9.17, 15) is 0 Å². The predicted molar refractivity (Wildman–Crippen MR) is 85.5 cm³/mol. The van der Waals surface area contributed by atoms with Crippen molar-refractivity contribution in [2.45, 2.75) is 38.8 Å². The zero-order valence-corrected chi connectivity index (χ0v) is 13.2. The van der Waals surface area contributed by atoms with Gasteiger partial charge in [0.05, 0.1) is 6.61 Å². The molecule has 0 bridgehead atoms. The molecule has 0 aliphatic heterocycles. The molecule has 0 aliphatic carbocycles. The van der Waals surface area contributed by atoms with Crippen LogP contribution >= 0.6 is 0 Å². The lowest BCUT2D eigenvalue weighted by Crippen LogP contribution is -2.40. The minimum atomic E-state index is 0.0761. The Hall–Kier alpha value is -1.59. The standard InChI is InChI=1S/C16H27N3O2/c1-4-13(2)19(10-11-21-3)15(12-16(17)18-20)14-8-6-5-7-9-14/h5-9,13,15,20H,4,10-12H2,1-3H3,(H2,17,18). The van der Waals surface area contributed by atoms with Gasteiger partial charge in [0.15, 0.2) is 0 Å². The van der Waals surface area contributed by atoms with Crippen LogP contribution in [0.1, 0.15) is 38.3 Å². The van der Waals surface area contributed by atoms with Crippen LogP contribution in [0.3, 0.4) is 0 Å². The lowest BCUT2D eigenvalue weighted by Gasteiger charge is -2.36. The molecule has 2 atom stereocenters. The summed E-state index contributed by atoms with van der Waals surface area (Å²) < 4.78 is 5.23. The number of nitrogens with zero attached hydrogens (tertiary/aromatic N) is 2. The number of amidine groups is 1. The number of benzene rings is 1. The van der Waals surface area contributed by atoms with E-state index in [0.29, 0.717) is 19.1 Å². The molecule has 0 spiro atoms. The normalized spacial score (nSPS) is 15.1. The summed E-state index contributed by atoms with van der Waals surface area (Å²) in [5, 5.41) is 12.0. The lowest BCUT2D eigenvalue weighted by atomic mass is 9.99. The van der Waals surface area contributed by atoms with E-state index in [1.807, 2.05) is 18.2 Å². The number of rotatable bonds is 9. The summed E-state index contributed by atoms with van der Waals surface area (Å²) in [6.07, 6.45) is 1.53. The average Bonchev–Trinajstić information content (AvgIpc) is 2.54. The van der Waals surface area contributed by atoms with E-state index in [0.717, 1.165) is 13.0 Å². The Labute approximate surface area is 127 Å². The molecule has 2 unspecified atom stereocenters. The molecular weight excluding hydrogens is 266 g/mol. The molecule has 0 amide bonds. The van der Waals surface area contributed by atoms with Gasteiger partial charge in [-0.05, 0) is 18.9 Å². The third kappa shape index (κ3) is 5.36. The van der Waals surface area contributed by atoms with Crippen LogP contribution in [0.25, 0.3) is 0 Å². The molecule has 3 N–H and O–H groups in total. The summed E-state index contributed by atoms with van der Waals surface area (Å²) in [6, 6.07) is 10.6. The van der Waals surface area contributed by atoms with Gasteiger partial charge in [0.2, 0.25) is 0 Å². The Morgan fingerprint density at radius 3 is 2.57 bits per heavy atom. The number of nitrogens with two attached hydrogens (primary N) is 1. The largest absolute Gasteiger partial charge is 0.409 e. The van der Waals surface area contributed by atoms with E-state index in [4.69, 9.17) is 15.7 Å². The second-order valence-electron chi connectivity index (χ2n) is 5.21. The first-order valence-corrected chi connectivity index (χ1v) is 7.40. The summed E-state index contributed by atoms with van der Waals surface area (Å²) in [6.45, 7) is 5.82. The molecule has 1 aromatic carbocycles. The van der Waals surface area contributed by atoms with Crippen LogP contribution in [0.4, 0.5) is 0 Å². The smallest absolute Gasteiger partial charge is 0.141 e. The van der Waals surface area contributed by atoms with Gasteiger partial charge in [0, 0.05) is 32.2 Å². The van der Waals surface area contributed by atoms with Gasteiger partial charge >= 0.3 is 0 Å². The summed E-state index contributed by atoms with van der Waals surface area (Å²) in [5.41, 5.74) is 6.93. The van der Waals surface area contributed by atoms with Crippen LogP contribution in [0.5, 0.6) is 0 Å². The Balaban J connectivity index is 3.05. The number of methoxy groups -OCH3 is 1. The zero-order chi connectivity index (χ0) is 15.7. The molecule has 1 rings (SSSR count). The van der Waals surface area contributed by atoms with Gasteiger partial charge in [-0.2, -0.15) is 0 Å². The van der Waals surface area contributed by atoms with Crippen LogP contribution in [0.15, 0.2) is 35.5 Å². The molecule has 0 fully saturated rings. The van der Waals surface area contributed by atoms with Crippen molar-refractivity contribution in [2.75, 3.05) is 20.3 Å². The molecule has 0 saturated carbocycles. The minimum Gasteiger partial charge on any atom is -0.409 e. The van der Waals surface area contributed by atoms with Crippen molar-refractivity contribution in [3.05, 3.63) is 35.9 Å². The Morgan fingerprint density at radius 1 is 1.38 bits per heavy atom. The molecular formula is C16H27N3O2. The van der Waals surface area contributed by atoms with Crippen molar-refractivity contribution in [3.63, 3.8) is 0 Å². The van der Waals surface area contributed by atoms with Crippen molar-refractivity contribution < 1.29 is 9.94 Å². The number of hydrogen-bond donors (Lipinski definition) is 2. The molecule has 21 heavy (non-hydrogen) atoms. The van der Waals surface area contributed by atoms with Gasteiger partial charge in [-0.3, -0.25) is 4.90 Å². The van der Waals surface area contributed by atoms with E-state index >= 15 is 0 Å². The summed E-state index contributed by atoms with van der Waals surface area (Å²) in [5.74, 6) is 0.245. The monoisotopic (exact) mass is 293 g/mol. The molecule has 0 aromatic heterocycles. The van der Waals surface area contributed by atoms with Gasteiger partial charge in [-0.1, -0.05) is 42.4 Å². The topological polar surface area (TPSA) is 71.1 Å². The van der Waals surface area contributed by atoms with Crippen molar-refractivity contribution >= 4 is 5.84 Å². The fraction of sp³-hybridized carbons (Fsp3) is 0.562. The molecule has 0 saturated heterocycles. The highest BCUT2D eigenvalue weighted by atomic mass is 16.5. The average molecular weight is 293 g/mol. The Morgan fingerprint density at radius 2 is 2.05 bits per heavy atom. The van der Waals surface area contributed by atoms with E-state index in [2.05, 4.69) is 36.0 Å². The van der Waals surface area contributed by atoms with E-state index in [1.165, 1.54) is 5.56 Å². The third-order valence-corrected chi connectivity index (χ3v) is 3.83. The first-order chi connectivity index (χ1) is 10.1. The van der Waals surface area contributed by atoms with Gasteiger partial charge in [0.1, 0.15) is 5.84 Å². The Bertz CT molecular complexity index is 423. The van der Waals surface area contributed by atoms with Crippen LogP contribution in [-0.4, -0.2) is 42.2 Å². The highest BCUT2D eigenvalue weighted by Gasteiger charge is 2.25. The van der Waals surface area contributed by atoms with Crippen molar-refractivity contribution in [1.82, 2.24) is 4.90 Å². The fourth-order valence-corrected chi connectivity index (χ4v) is 2.46. The van der Waals surface area contributed by atoms with Crippen LogP contribution in [0, 0.1) is 0 Å². The quantitative estimate of drug-likeness (QED) is 0.318. The van der Waals surface area contributed by atoms with E-state index in [-0.39, 0.29) is 11.9 Å². The Kier molecular flexibility index (Phi) is 7.79. The molecule has 118 valence electrons. The first kappa shape index (κ1) is 17.5. The van der Waals surface area contributed by atoms with Gasteiger partial charge in [0.25, 0.3) is 0 Å². The molecule has 0 aliphatic rings. The van der Waals surface area contributed by atoms with Gasteiger partial charge in [-0.25, -0.2) is 0 Å². The van der Waals surface area contributed by atoms with Crippen molar-refractivity contribution in [2.24, 2.45) is 10.9 Å².